The second-order valence-electron chi connectivity index (χ2n) is 9.36. The molecule has 0 aliphatic carbocycles. The lowest BCUT2D eigenvalue weighted by Gasteiger charge is -2.45. The lowest BCUT2D eigenvalue weighted by Crippen LogP contribution is -2.60. The van der Waals surface area contributed by atoms with Crippen LogP contribution in [-0.2, 0) is 9.59 Å². The molecule has 0 bridgehead atoms. The quantitative estimate of drug-likeness (QED) is 0.448. The van der Waals surface area contributed by atoms with Gasteiger partial charge in [-0.1, -0.05) is 15.9 Å². The van der Waals surface area contributed by atoms with Crippen LogP contribution >= 0.6 is 15.9 Å². The maximum atomic E-state index is 12.7. The number of hydrogen-bond donors (Lipinski definition) is 2. The summed E-state index contributed by atoms with van der Waals surface area (Å²) in [6, 6.07) is 13.4. The van der Waals surface area contributed by atoms with Gasteiger partial charge in [-0.25, -0.2) is 0 Å². The normalized spacial score (nSPS) is 21.3. The number of imide groups is 1. The Morgan fingerprint density at radius 1 is 1.06 bits per heavy atom. The lowest BCUT2D eigenvalue weighted by molar-refractivity contribution is -0.136. The van der Waals surface area contributed by atoms with Gasteiger partial charge in [0, 0.05) is 58.3 Å². The molecule has 3 amide bonds. The number of piperazine rings is 1. The Labute approximate surface area is 214 Å². The van der Waals surface area contributed by atoms with Crippen LogP contribution in [-0.4, -0.2) is 73.3 Å². The molecule has 8 nitrogen and oxygen atoms in total. The molecule has 184 valence electrons. The number of likely N-dealkylation sites (N-methyl/N-ethyl adjacent to an activating group) is 1. The van der Waals surface area contributed by atoms with Gasteiger partial charge in [0.1, 0.15) is 0 Å². The Bertz CT molecular complexity index is 1170. The van der Waals surface area contributed by atoms with E-state index in [0.717, 1.165) is 28.9 Å². The van der Waals surface area contributed by atoms with Crippen LogP contribution in [0.2, 0.25) is 0 Å². The van der Waals surface area contributed by atoms with E-state index in [1.165, 1.54) is 0 Å². The van der Waals surface area contributed by atoms with Crippen molar-refractivity contribution in [2.24, 2.45) is 0 Å². The molecule has 0 radical (unpaired) electrons. The van der Waals surface area contributed by atoms with Crippen LogP contribution in [0.25, 0.3) is 5.57 Å². The summed E-state index contributed by atoms with van der Waals surface area (Å²) in [6.07, 6.45) is 1.63. The van der Waals surface area contributed by atoms with Gasteiger partial charge in [-0.2, -0.15) is 0 Å². The maximum absolute atomic E-state index is 12.7. The minimum atomic E-state index is -0.436. The molecular formula is C26H30BrN5O3. The van der Waals surface area contributed by atoms with Crippen molar-refractivity contribution in [3.63, 3.8) is 0 Å². The van der Waals surface area contributed by atoms with Gasteiger partial charge in [0.25, 0.3) is 11.8 Å². The second kappa shape index (κ2) is 10.2. The summed E-state index contributed by atoms with van der Waals surface area (Å²) in [5.74, 6) is -0.676. The first-order valence-electron chi connectivity index (χ1n) is 11.6. The number of carbonyl (C=O) groups excluding carboxylic acids is 3. The summed E-state index contributed by atoms with van der Waals surface area (Å²) in [7, 11) is 3.82. The highest BCUT2D eigenvalue weighted by Gasteiger charge is 2.33. The van der Waals surface area contributed by atoms with Crippen molar-refractivity contribution in [3.05, 3.63) is 64.3 Å². The van der Waals surface area contributed by atoms with E-state index in [1.807, 2.05) is 48.2 Å². The summed E-state index contributed by atoms with van der Waals surface area (Å²) in [4.78, 5) is 43.5. The van der Waals surface area contributed by atoms with E-state index < -0.39 is 11.8 Å². The van der Waals surface area contributed by atoms with Gasteiger partial charge in [-0.15, -0.1) is 0 Å². The summed E-state index contributed by atoms with van der Waals surface area (Å²) >= 11 is 3.41. The summed E-state index contributed by atoms with van der Waals surface area (Å²) in [5, 5.41) is 5.57. The highest BCUT2D eigenvalue weighted by atomic mass is 79.9. The number of benzene rings is 2. The molecule has 35 heavy (non-hydrogen) atoms. The van der Waals surface area contributed by atoms with E-state index in [1.54, 1.807) is 24.4 Å². The Morgan fingerprint density at radius 2 is 1.71 bits per heavy atom. The molecule has 9 heteroatoms. The molecule has 0 spiro atoms. The minimum absolute atomic E-state index is 0.112. The van der Waals surface area contributed by atoms with E-state index in [-0.39, 0.29) is 18.0 Å². The highest BCUT2D eigenvalue weighted by molar-refractivity contribution is 9.10. The van der Waals surface area contributed by atoms with Crippen LogP contribution in [0.4, 0.5) is 11.4 Å². The van der Waals surface area contributed by atoms with Crippen molar-refractivity contribution in [2.45, 2.75) is 25.9 Å². The fraction of sp³-hybridized carbons (Fsp3) is 0.346. The number of rotatable bonds is 5. The summed E-state index contributed by atoms with van der Waals surface area (Å²) in [6.45, 7) is 6.13. The van der Waals surface area contributed by atoms with E-state index >= 15 is 0 Å². The predicted octanol–water partition coefficient (Wildman–Crippen LogP) is 3.16. The number of nitrogens with one attached hydrogen (secondary N) is 2. The fourth-order valence-corrected chi connectivity index (χ4v) is 5.10. The molecule has 2 aliphatic heterocycles. The molecule has 1 fully saturated rings. The molecule has 2 aliphatic rings. The zero-order valence-electron chi connectivity index (χ0n) is 20.3. The third-order valence-electron chi connectivity index (χ3n) is 6.26. The van der Waals surface area contributed by atoms with Gasteiger partial charge in [-0.3, -0.25) is 19.7 Å². The predicted molar refractivity (Wildman–Crippen MR) is 141 cm³/mol. The Balaban J connectivity index is 1.46. The standard InChI is InChI=1S/C26H30BrN5O3/c1-16-13-31(14-17(2)32(16)24(33)15-30(3)4)20-8-6-19(7-9-20)28-12-23-22-11-18(27)5-10-21(22)25(34)29-26(23)35/h5-12,16-17,28H,13-15H2,1-4H3,(H,29,34,35)/t16-,17+. The van der Waals surface area contributed by atoms with Gasteiger partial charge in [0.15, 0.2) is 0 Å². The molecule has 2 heterocycles. The van der Waals surface area contributed by atoms with E-state index in [9.17, 15) is 14.4 Å². The number of halogens is 1. The molecule has 2 atom stereocenters. The fourth-order valence-electron chi connectivity index (χ4n) is 4.74. The zero-order chi connectivity index (χ0) is 25.3. The molecule has 4 rings (SSSR count). The number of carbonyl (C=O) groups is 3. The summed E-state index contributed by atoms with van der Waals surface area (Å²) < 4.78 is 0.793. The van der Waals surface area contributed by atoms with E-state index in [0.29, 0.717) is 23.2 Å². The van der Waals surface area contributed by atoms with Crippen molar-refractivity contribution in [3.8, 4) is 0 Å². The highest BCUT2D eigenvalue weighted by Crippen LogP contribution is 2.28. The number of fused-ring (bicyclic) bond motifs is 1. The second-order valence-corrected chi connectivity index (χ2v) is 10.3. The first-order valence-corrected chi connectivity index (χ1v) is 12.4. The number of hydrogen-bond acceptors (Lipinski definition) is 6. The van der Waals surface area contributed by atoms with Gasteiger partial charge in [0.05, 0.1) is 12.1 Å². The SMILES string of the molecule is C[C@@H]1CN(c2ccc(NC=C3C(=O)NC(=O)c4ccc(Br)cc43)cc2)C[C@H](C)N1C(=O)CN(C)C. The Kier molecular flexibility index (Phi) is 7.28. The van der Waals surface area contributed by atoms with E-state index in [2.05, 4.69) is 45.3 Å². The van der Waals surface area contributed by atoms with Crippen LogP contribution in [0.3, 0.4) is 0 Å². The molecule has 2 N–H and O–H groups in total. The maximum Gasteiger partial charge on any atom is 0.260 e. The Morgan fingerprint density at radius 3 is 2.34 bits per heavy atom. The summed E-state index contributed by atoms with van der Waals surface area (Å²) in [5.41, 5.74) is 3.34. The number of anilines is 2. The van der Waals surface area contributed by atoms with E-state index in [4.69, 9.17) is 0 Å². The average Bonchev–Trinajstić information content (AvgIpc) is 2.78. The van der Waals surface area contributed by atoms with Crippen molar-refractivity contribution < 1.29 is 14.4 Å². The van der Waals surface area contributed by atoms with Crippen LogP contribution < -0.4 is 15.5 Å². The topological polar surface area (TPSA) is 85.0 Å². The van der Waals surface area contributed by atoms with Gasteiger partial charge < -0.3 is 20.0 Å². The van der Waals surface area contributed by atoms with Gasteiger partial charge in [0.2, 0.25) is 5.91 Å². The smallest absolute Gasteiger partial charge is 0.260 e. The van der Waals surface area contributed by atoms with Crippen LogP contribution in [0.15, 0.2) is 53.1 Å². The third-order valence-corrected chi connectivity index (χ3v) is 6.76. The van der Waals surface area contributed by atoms with Gasteiger partial charge in [-0.05, 0) is 70.4 Å². The minimum Gasteiger partial charge on any atom is -0.367 e. The molecule has 2 aromatic carbocycles. The van der Waals surface area contributed by atoms with Gasteiger partial charge >= 0.3 is 0 Å². The van der Waals surface area contributed by atoms with Crippen molar-refractivity contribution in [1.82, 2.24) is 15.1 Å². The van der Waals surface area contributed by atoms with Crippen molar-refractivity contribution in [2.75, 3.05) is 43.9 Å². The zero-order valence-corrected chi connectivity index (χ0v) is 21.9. The Hall–Kier alpha value is -3.17. The first kappa shape index (κ1) is 24.9. The van der Waals surface area contributed by atoms with Crippen LogP contribution in [0.5, 0.6) is 0 Å². The monoisotopic (exact) mass is 539 g/mol. The molecule has 0 saturated carbocycles. The third kappa shape index (κ3) is 5.41. The number of nitrogens with zero attached hydrogens (tertiary/aromatic N) is 3. The number of amides is 3. The molecule has 2 aromatic rings. The molecular weight excluding hydrogens is 510 g/mol. The van der Waals surface area contributed by atoms with Crippen LogP contribution in [0, 0.1) is 0 Å². The first-order chi connectivity index (χ1) is 16.6. The average molecular weight is 540 g/mol. The molecule has 1 saturated heterocycles. The molecule has 0 aromatic heterocycles. The van der Waals surface area contributed by atoms with Crippen LogP contribution in [0.1, 0.15) is 29.8 Å². The van der Waals surface area contributed by atoms with Crippen molar-refractivity contribution in [1.29, 1.82) is 0 Å². The van der Waals surface area contributed by atoms with Crippen molar-refractivity contribution >= 4 is 50.6 Å². The molecule has 0 unspecified atom stereocenters. The lowest BCUT2D eigenvalue weighted by atomic mass is 9.95. The largest absolute Gasteiger partial charge is 0.367 e.